The van der Waals surface area contributed by atoms with Gasteiger partial charge in [-0.2, -0.15) is 0 Å². The average Bonchev–Trinajstić information content (AvgIpc) is 3.48. The Balaban J connectivity index is 1.13. The van der Waals surface area contributed by atoms with Crippen molar-refractivity contribution in [1.82, 2.24) is 39.9 Å². The first-order valence-corrected chi connectivity index (χ1v) is 24.0. The fraction of sp³-hybridized carbons (Fsp3) is 0. The smallest absolute Gasteiger partial charge is 0.160 e. The van der Waals surface area contributed by atoms with Gasteiger partial charge in [-0.1, -0.05) is 60.7 Å². The van der Waals surface area contributed by atoms with Crippen molar-refractivity contribution < 1.29 is 9.47 Å². The zero-order chi connectivity index (χ0) is 49.0. The molecule has 6 aromatic carbocycles. The lowest BCUT2D eigenvalue weighted by atomic mass is 9.96. The molecule has 2 aliphatic heterocycles. The van der Waals surface area contributed by atoms with Crippen LogP contribution in [0.25, 0.3) is 78.8 Å². The molecule has 0 saturated carbocycles. The van der Waals surface area contributed by atoms with Gasteiger partial charge in [0.25, 0.3) is 0 Å². The highest BCUT2D eigenvalue weighted by Crippen LogP contribution is 2.56. The lowest BCUT2D eigenvalue weighted by molar-refractivity contribution is 0.477. The molecule has 12 aromatic rings. The van der Waals surface area contributed by atoms with Crippen LogP contribution in [0, 0.1) is 0 Å². The number of fused-ring (bicyclic) bond motifs is 5. The maximum Gasteiger partial charge on any atom is 0.160 e. The molecule has 12 nitrogen and oxygen atoms in total. The second-order valence-corrected chi connectivity index (χ2v) is 17.7. The minimum absolute atomic E-state index is 0.496. The number of rotatable bonds is 8. The predicted octanol–water partition coefficient (Wildman–Crippen LogP) is 15.2. The fourth-order valence-electron chi connectivity index (χ4n) is 9.75. The molecule has 12 heteroatoms. The van der Waals surface area contributed by atoms with Crippen LogP contribution in [0.3, 0.4) is 0 Å². The van der Waals surface area contributed by atoms with E-state index in [1.54, 1.807) is 24.8 Å². The van der Waals surface area contributed by atoms with E-state index in [0.717, 1.165) is 67.2 Å². The lowest BCUT2D eigenvalue weighted by Gasteiger charge is -2.36. The lowest BCUT2D eigenvalue weighted by Crippen LogP contribution is -2.18. The van der Waals surface area contributed by atoms with Gasteiger partial charge < -0.3 is 19.3 Å². The summed E-state index contributed by atoms with van der Waals surface area (Å²) in [6, 6.07) is 64.6. The van der Waals surface area contributed by atoms with Crippen LogP contribution in [0.1, 0.15) is 0 Å². The highest BCUT2D eigenvalue weighted by molar-refractivity contribution is 6.12. The molecule has 348 valence electrons. The Morgan fingerprint density at radius 2 is 0.662 bits per heavy atom. The Hall–Kier alpha value is -10.5. The number of aromatic nitrogens is 8. The first kappa shape index (κ1) is 42.4. The molecule has 2 aliphatic rings. The van der Waals surface area contributed by atoms with Crippen molar-refractivity contribution in [3.05, 3.63) is 231 Å². The molecule has 0 aliphatic carbocycles. The summed E-state index contributed by atoms with van der Waals surface area (Å²) in [7, 11) is 0. The Kier molecular flexibility index (Phi) is 10.2. The third-order valence-corrected chi connectivity index (χ3v) is 13.1. The highest BCUT2D eigenvalue weighted by Gasteiger charge is 2.32. The predicted molar refractivity (Wildman–Crippen MR) is 288 cm³/mol. The molecule has 8 heterocycles. The minimum atomic E-state index is 0.496. The average molecular weight is 955 g/mol. The summed E-state index contributed by atoms with van der Waals surface area (Å²) >= 11 is 0. The van der Waals surface area contributed by atoms with E-state index in [0.29, 0.717) is 68.8 Å². The van der Waals surface area contributed by atoms with E-state index in [4.69, 9.17) is 39.4 Å². The van der Waals surface area contributed by atoms with Crippen LogP contribution < -0.4 is 19.3 Å². The Bertz CT molecular complexity index is 3640. The molecule has 0 fully saturated rings. The summed E-state index contributed by atoms with van der Waals surface area (Å²) in [5, 5.41) is 1.77. The maximum absolute atomic E-state index is 6.65. The number of anilines is 6. The largest absolute Gasteiger partial charge is 0.453 e. The van der Waals surface area contributed by atoms with E-state index in [2.05, 4.69) is 68.3 Å². The quantitative estimate of drug-likeness (QED) is 0.144. The van der Waals surface area contributed by atoms with Gasteiger partial charge in [-0.15, -0.1) is 0 Å². The van der Waals surface area contributed by atoms with Crippen LogP contribution in [0.5, 0.6) is 23.0 Å². The van der Waals surface area contributed by atoms with Crippen LogP contribution >= 0.6 is 0 Å². The molecule has 0 unspecified atom stereocenters. The molecule has 74 heavy (non-hydrogen) atoms. The van der Waals surface area contributed by atoms with E-state index in [9.17, 15) is 0 Å². The number of pyridine rings is 4. The zero-order valence-electron chi connectivity index (χ0n) is 39.2. The third-order valence-electron chi connectivity index (χ3n) is 13.1. The van der Waals surface area contributed by atoms with E-state index in [-0.39, 0.29) is 0 Å². The summed E-state index contributed by atoms with van der Waals surface area (Å²) in [6.07, 6.45) is 10.7. The van der Waals surface area contributed by atoms with Crippen molar-refractivity contribution in [1.29, 1.82) is 0 Å². The normalized spacial score (nSPS) is 12.2. The van der Waals surface area contributed by atoms with Gasteiger partial charge in [-0.25, -0.2) is 19.9 Å². The molecule has 0 amide bonds. The summed E-state index contributed by atoms with van der Waals surface area (Å²) in [4.78, 5) is 44.4. The van der Waals surface area contributed by atoms with E-state index in [1.165, 1.54) is 0 Å². The first-order chi connectivity index (χ1) is 36.7. The van der Waals surface area contributed by atoms with Gasteiger partial charge in [0.15, 0.2) is 34.6 Å². The zero-order valence-corrected chi connectivity index (χ0v) is 39.2. The van der Waals surface area contributed by atoms with Crippen LogP contribution in [0.15, 0.2) is 231 Å². The standard InChI is InChI=1S/C62H38N10O2/c1-5-23-57-51(19-1)71(52-20-2-6-24-58(52)73-57)55-33-41(61-67-47(39-15-13-27-63-37-39)35-49(69-61)45-17-9-11-29-65-45)32-44-43(55)31-42(34-56(44)72-53-21-3-7-25-59(53)74-60-26-8-4-22-54(60)72)62-68-48(40-16-14-28-64-38-40)36-50(70-62)46-18-10-12-30-66-46/h1-38H. The van der Waals surface area contributed by atoms with Gasteiger partial charge in [0.1, 0.15) is 0 Å². The topological polar surface area (TPSA) is 128 Å². The fourth-order valence-corrected chi connectivity index (χ4v) is 9.75. The first-order valence-electron chi connectivity index (χ1n) is 24.0. The van der Waals surface area contributed by atoms with E-state index in [1.807, 2.05) is 158 Å². The second kappa shape index (κ2) is 17.7. The third kappa shape index (κ3) is 7.49. The van der Waals surface area contributed by atoms with Gasteiger partial charge in [-0.05, 0) is 133 Å². The minimum Gasteiger partial charge on any atom is -0.453 e. The molecular weight excluding hydrogens is 917 g/mol. The Morgan fingerprint density at radius 1 is 0.284 bits per heavy atom. The Labute approximate surface area is 424 Å². The molecule has 0 N–H and O–H groups in total. The van der Waals surface area contributed by atoms with E-state index >= 15 is 0 Å². The maximum atomic E-state index is 6.65. The van der Waals surface area contributed by atoms with Gasteiger partial charge in [0.05, 0.1) is 68.3 Å². The molecule has 0 spiro atoms. The van der Waals surface area contributed by atoms with Gasteiger partial charge in [0, 0.05) is 70.2 Å². The Morgan fingerprint density at radius 3 is 1.03 bits per heavy atom. The summed E-state index contributed by atoms with van der Waals surface area (Å²) in [5.74, 6) is 3.81. The molecule has 0 atom stereocenters. The SMILES string of the molecule is c1ccc(-c2cc(-c3cccnc3)nc(-c3cc(N4c5ccccc5Oc5ccccc54)c4cc(-c5nc(-c6cccnc6)cc(-c6ccccn6)n5)cc(N5c6ccccc6Oc6ccccc65)c4c3)n2)nc1. The monoisotopic (exact) mass is 954 g/mol. The number of ether oxygens (including phenoxy) is 2. The molecule has 14 rings (SSSR count). The number of nitrogens with zero attached hydrogens (tertiary/aromatic N) is 10. The van der Waals surface area contributed by atoms with Crippen molar-refractivity contribution in [2.24, 2.45) is 0 Å². The van der Waals surface area contributed by atoms with Crippen LogP contribution in [0.2, 0.25) is 0 Å². The van der Waals surface area contributed by atoms with Crippen LogP contribution in [-0.2, 0) is 0 Å². The van der Waals surface area contributed by atoms with Gasteiger partial charge >= 0.3 is 0 Å². The van der Waals surface area contributed by atoms with Crippen molar-refractivity contribution in [2.45, 2.75) is 0 Å². The number of hydrogen-bond acceptors (Lipinski definition) is 12. The highest BCUT2D eigenvalue weighted by atomic mass is 16.5. The van der Waals surface area contributed by atoms with Gasteiger partial charge in [0.2, 0.25) is 0 Å². The molecular formula is C62H38N10O2. The molecule has 0 saturated heterocycles. The summed E-state index contributed by atoms with van der Waals surface area (Å²) < 4.78 is 13.3. The van der Waals surface area contributed by atoms with Crippen molar-refractivity contribution in [3.8, 4) is 91.1 Å². The second-order valence-electron chi connectivity index (χ2n) is 17.7. The van der Waals surface area contributed by atoms with Crippen molar-refractivity contribution >= 4 is 44.9 Å². The molecule has 0 radical (unpaired) electrons. The van der Waals surface area contributed by atoms with Crippen LogP contribution in [-0.4, -0.2) is 39.9 Å². The van der Waals surface area contributed by atoms with Crippen molar-refractivity contribution in [3.63, 3.8) is 0 Å². The number of hydrogen-bond donors (Lipinski definition) is 0. The van der Waals surface area contributed by atoms with Gasteiger partial charge in [-0.3, -0.25) is 19.9 Å². The number of benzene rings is 6. The molecule has 6 aromatic heterocycles. The molecule has 0 bridgehead atoms. The van der Waals surface area contributed by atoms with Crippen LogP contribution in [0.4, 0.5) is 34.1 Å². The van der Waals surface area contributed by atoms with E-state index < -0.39 is 0 Å². The summed E-state index contributed by atoms with van der Waals surface area (Å²) in [6.45, 7) is 0. The number of para-hydroxylation sites is 8. The summed E-state index contributed by atoms with van der Waals surface area (Å²) in [5.41, 5.74) is 12.4. The van der Waals surface area contributed by atoms with Crippen molar-refractivity contribution in [2.75, 3.05) is 9.80 Å².